The maximum absolute atomic E-state index is 12.8. The zero-order chi connectivity index (χ0) is 21.9. The van der Waals surface area contributed by atoms with Crippen LogP contribution in [-0.2, 0) is 24.1 Å². The number of hydrogen-bond acceptors (Lipinski definition) is 3. The molecule has 4 fully saturated rings. The highest BCUT2D eigenvalue weighted by atomic mass is 16.1. The fourth-order valence-electron chi connectivity index (χ4n) is 7.63. The largest absolute Gasteiger partial charge is 0.309 e. The van der Waals surface area contributed by atoms with E-state index < -0.39 is 0 Å². The van der Waals surface area contributed by atoms with Gasteiger partial charge < -0.3 is 5.32 Å². The van der Waals surface area contributed by atoms with Crippen LogP contribution < -0.4 is 5.32 Å². The van der Waals surface area contributed by atoms with Gasteiger partial charge in [-0.3, -0.25) is 4.79 Å². The Hall–Kier alpha value is -2.23. The van der Waals surface area contributed by atoms with Crippen LogP contribution in [0.5, 0.6) is 0 Å². The molecule has 168 valence electrons. The van der Waals surface area contributed by atoms with Gasteiger partial charge in [0, 0.05) is 11.5 Å². The van der Waals surface area contributed by atoms with E-state index in [1.54, 1.807) is 0 Å². The van der Waals surface area contributed by atoms with Crippen LogP contribution in [0.4, 0.5) is 5.82 Å². The molecule has 1 amide bonds. The zero-order valence-electron chi connectivity index (χ0n) is 19.5. The molecule has 5 aliphatic carbocycles. The number of aryl methyl sites for hydroxylation is 2. The zero-order valence-corrected chi connectivity index (χ0v) is 19.5. The Morgan fingerprint density at radius 2 is 1.75 bits per heavy atom. The Morgan fingerprint density at radius 3 is 2.44 bits per heavy atom. The van der Waals surface area contributed by atoms with Gasteiger partial charge in [0.2, 0.25) is 5.91 Å². The lowest BCUT2D eigenvalue weighted by Gasteiger charge is -2.57. The average molecular weight is 430 g/mol. The average Bonchev–Trinajstić information content (AvgIpc) is 2.77. The van der Waals surface area contributed by atoms with Crippen molar-refractivity contribution in [2.24, 2.45) is 29.1 Å². The number of anilines is 1. The minimum atomic E-state index is -0.0130. The summed E-state index contributed by atoms with van der Waals surface area (Å²) in [6.45, 7) is 4.06. The monoisotopic (exact) mass is 429 g/mol. The summed E-state index contributed by atoms with van der Waals surface area (Å²) < 4.78 is 0. The molecule has 0 spiro atoms. The molecule has 1 N–H and O–H groups in total. The van der Waals surface area contributed by atoms with E-state index in [-0.39, 0.29) is 11.8 Å². The number of rotatable bonds is 5. The van der Waals surface area contributed by atoms with E-state index in [4.69, 9.17) is 9.97 Å². The lowest BCUT2D eigenvalue weighted by atomic mass is 9.48. The fraction of sp³-hybridized carbons (Fsp3) is 0.607. The van der Waals surface area contributed by atoms with Crippen molar-refractivity contribution in [3.8, 4) is 11.3 Å². The number of hydrogen-bond donors (Lipinski definition) is 1. The minimum Gasteiger partial charge on any atom is -0.309 e. The molecule has 4 nitrogen and oxygen atoms in total. The van der Waals surface area contributed by atoms with Crippen LogP contribution in [0.2, 0.25) is 0 Å². The summed E-state index contributed by atoms with van der Waals surface area (Å²) in [4.78, 5) is 23.2. The van der Waals surface area contributed by atoms with Crippen LogP contribution in [0.3, 0.4) is 0 Å². The van der Waals surface area contributed by atoms with Crippen molar-refractivity contribution in [3.05, 3.63) is 41.2 Å². The van der Waals surface area contributed by atoms with Gasteiger partial charge in [0.15, 0.2) is 5.82 Å². The Morgan fingerprint density at radius 1 is 1.06 bits per heavy atom. The molecule has 4 bridgehead atoms. The van der Waals surface area contributed by atoms with Crippen molar-refractivity contribution in [3.63, 3.8) is 0 Å². The molecule has 7 rings (SSSR count). The number of carbonyl (C=O) groups excluding carboxylic acids is 1. The maximum atomic E-state index is 12.8. The number of benzene rings is 1. The van der Waals surface area contributed by atoms with Crippen molar-refractivity contribution >= 4 is 11.7 Å². The van der Waals surface area contributed by atoms with E-state index >= 15 is 0 Å². The first-order valence-electron chi connectivity index (χ1n) is 12.8. The Labute approximate surface area is 191 Å². The van der Waals surface area contributed by atoms with Crippen molar-refractivity contribution in [2.45, 2.75) is 78.1 Å². The second kappa shape index (κ2) is 7.67. The summed E-state index contributed by atoms with van der Waals surface area (Å²) in [5.41, 5.74) is 6.07. The summed E-state index contributed by atoms with van der Waals surface area (Å²) in [5, 5.41) is 3.21. The first-order valence-corrected chi connectivity index (χ1v) is 12.8. The predicted molar refractivity (Wildman–Crippen MR) is 127 cm³/mol. The van der Waals surface area contributed by atoms with E-state index in [0.717, 1.165) is 66.3 Å². The van der Waals surface area contributed by atoms with Gasteiger partial charge in [0.1, 0.15) is 0 Å². The molecule has 1 atom stereocenters. The van der Waals surface area contributed by atoms with Crippen LogP contribution in [0.1, 0.15) is 75.7 Å². The third-order valence-electron chi connectivity index (χ3n) is 8.95. The van der Waals surface area contributed by atoms with Gasteiger partial charge in [-0.1, -0.05) is 38.1 Å². The summed E-state index contributed by atoms with van der Waals surface area (Å²) in [7, 11) is 0. The molecule has 1 aromatic carbocycles. The topological polar surface area (TPSA) is 54.9 Å². The van der Waals surface area contributed by atoms with Gasteiger partial charge >= 0.3 is 0 Å². The smallest absolute Gasteiger partial charge is 0.228 e. The Bertz CT molecular complexity index is 1020. The van der Waals surface area contributed by atoms with Gasteiger partial charge in [-0.2, -0.15) is 0 Å². The van der Waals surface area contributed by atoms with Crippen molar-refractivity contribution in [1.82, 2.24) is 9.97 Å². The molecule has 4 heteroatoms. The van der Waals surface area contributed by atoms with Crippen LogP contribution in [0, 0.1) is 29.1 Å². The number of fused-ring (bicyclic) bond motifs is 3. The van der Waals surface area contributed by atoms with Crippen molar-refractivity contribution < 1.29 is 4.79 Å². The summed E-state index contributed by atoms with van der Waals surface area (Å²) >= 11 is 0. The van der Waals surface area contributed by atoms with Gasteiger partial charge in [-0.25, -0.2) is 9.97 Å². The predicted octanol–water partition coefficient (Wildman–Crippen LogP) is 5.99. The second-order valence-electron chi connectivity index (χ2n) is 11.4. The van der Waals surface area contributed by atoms with Gasteiger partial charge in [-0.05, 0) is 92.9 Å². The third kappa shape index (κ3) is 3.47. The molecular weight excluding hydrogens is 394 g/mol. The molecule has 0 radical (unpaired) electrons. The highest BCUT2D eigenvalue weighted by Crippen LogP contribution is 2.61. The third-order valence-corrected chi connectivity index (χ3v) is 8.95. The molecule has 4 saturated carbocycles. The van der Waals surface area contributed by atoms with Gasteiger partial charge in [0.25, 0.3) is 0 Å². The number of nitrogens with one attached hydrogen (secondary N) is 1. The molecular formula is C28H35N3O. The molecule has 0 saturated heterocycles. The SMILES string of the molecule is CCC(C)C(=O)Nc1nc2c(nc1CC13CC4CC(CC(C4)C1)C3)-c1ccccc1CC2. The van der Waals surface area contributed by atoms with E-state index in [9.17, 15) is 4.79 Å². The van der Waals surface area contributed by atoms with E-state index in [1.165, 1.54) is 49.7 Å². The van der Waals surface area contributed by atoms with Gasteiger partial charge in [-0.15, -0.1) is 0 Å². The molecule has 5 aliphatic rings. The number of aromatic nitrogens is 2. The molecule has 0 aliphatic heterocycles. The molecule has 1 aromatic heterocycles. The van der Waals surface area contributed by atoms with E-state index in [1.807, 2.05) is 6.92 Å². The van der Waals surface area contributed by atoms with Gasteiger partial charge in [0.05, 0.1) is 17.1 Å². The first-order chi connectivity index (χ1) is 15.5. The highest BCUT2D eigenvalue weighted by molar-refractivity contribution is 5.92. The van der Waals surface area contributed by atoms with Crippen molar-refractivity contribution in [2.75, 3.05) is 5.32 Å². The summed E-state index contributed by atoms with van der Waals surface area (Å²) in [6, 6.07) is 8.63. The quantitative estimate of drug-likeness (QED) is 0.635. The van der Waals surface area contributed by atoms with E-state index in [2.05, 4.69) is 36.5 Å². The summed E-state index contributed by atoms with van der Waals surface area (Å²) in [5.74, 6) is 3.53. The second-order valence-corrected chi connectivity index (χ2v) is 11.4. The number of carbonyl (C=O) groups is 1. The molecule has 2 aromatic rings. The lowest BCUT2D eigenvalue weighted by molar-refractivity contribution is -0.119. The normalized spacial score (nSPS) is 30.5. The lowest BCUT2D eigenvalue weighted by Crippen LogP contribution is -2.47. The first kappa shape index (κ1) is 20.4. The molecule has 1 heterocycles. The van der Waals surface area contributed by atoms with Crippen molar-refractivity contribution in [1.29, 1.82) is 0 Å². The maximum Gasteiger partial charge on any atom is 0.228 e. The van der Waals surface area contributed by atoms with Crippen LogP contribution >= 0.6 is 0 Å². The Kier molecular flexibility index (Phi) is 4.89. The minimum absolute atomic E-state index is 0.0130. The molecule has 32 heavy (non-hydrogen) atoms. The molecule has 1 unspecified atom stereocenters. The standard InChI is InChI=1S/C28H35N3O/c1-3-17(2)27(32)31-26-24(16-28-13-18-10-19(14-28)12-20(11-18)15-28)29-25-22-7-5-4-6-21(22)8-9-23(25)30-26/h4-7,17-20H,3,8-16H2,1-2H3,(H,30,31,32). The van der Waals surface area contributed by atoms with Crippen LogP contribution in [0.25, 0.3) is 11.3 Å². The van der Waals surface area contributed by atoms with E-state index in [0.29, 0.717) is 5.41 Å². The van der Waals surface area contributed by atoms with Crippen LogP contribution in [0.15, 0.2) is 24.3 Å². The number of amides is 1. The number of nitrogens with zero attached hydrogens (tertiary/aromatic N) is 2. The summed E-state index contributed by atoms with van der Waals surface area (Å²) in [6.07, 6.45) is 12.0. The Balaban J connectivity index is 1.40. The van der Waals surface area contributed by atoms with Crippen LogP contribution in [-0.4, -0.2) is 15.9 Å². The highest BCUT2D eigenvalue weighted by Gasteiger charge is 2.51. The fourth-order valence-corrected chi connectivity index (χ4v) is 7.63.